The van der Waals surface area contributed by atoms with Crippen molar-refractivity contribution in [1.29, 1.82) is 0 Å². The molecule has 0 rings (SSSR count). The summed E-state index contributed by atoms with van der Waals surface area (Å²) in [6, 6.07) is 0. The highest BCUT2D eigenvalue weighted by molar-refractivity contribution is 4.93. The fraction of sp³-hybridized carbons (Fsp3) is 0.500. The topological polar surface area (TPSA) is 28.2 Å². The molecule has 2 heteroatoms. The standard InChI is InChI=1S/C4H8N2/c1-5-3-4-6-2/h3-4H,1-2H3/q-1/b4-3+. The van der Waals surface area contributed by atoms with E-state index < -0.39 is 0 Å². The van der Waals surface area contributed by atoms with Crippen molar-refractivity contribution in [2.24, 2.45) is 0 Å². The van der Waals surface area contributed by atoms with E-state index in [9.17, 15) is 0 Å². The third kappa shape index (κ3) is 3.34. The molecule has 0 heterocycles. The summed E-state index contributed by atoms with van der Waals surface area (Å²) >= 11 is 0. The molecule has 0 aliphatic heterocycles. The Bertz CT molecular complexity index is 34.8. The molecule has 0 bridgehead atoms. The molecular formula is C4H8N2-. The number of nitrogens with zero attached hydrogens (tertiary/aromatic N) is 2. The van der Waals surface area contributed by atoms with Crippen molar-refractivity contribution in [3.8, 4) is 0 Å². The van der Waals surface area contributed by atoms with Gasteiger partial charge in [-0.25, -0.2) is 0 Å². The molecular weight excluding hydrogens is 76.1 g/mol. The molecule has 0 N–H and O–H groups in total. The van der Waals surface area contributed by atoms with Crippen LogP contribution in [0.1, 0.15) is 0 Å². The van der Waals surface area contributed by atoms with Gasteiger partial charge < -0.3 is 5.32 Å². The molecule has 0 amide bonds. The Balaban J connectivity index is 2.73. The van der Waals surface area contributed by atoms with Crippen LogP contribution in [0, 0.1) is 0 Å². The van der Waals surface area contributed by atoms with Gasteiger partial charge in [0, 0.05) is 7.05 Å². The molecule has 0 aliphatic rings. The van der Waals surface area contributed by atoms with E-state index in [-0.39, 0.29) is 0 Å². The zero-order chi connectivity index (χ0) is 4.83. The van der Waals surface area contributed by atoms with Crippen molar-refractivity contribution in [2.45, 2.75) is 0 Å². The normalized spacial score (nSPS) is 9.00. The molecule has 1 radical (unpaired) electrons. The van der Waals surface area contributed by atoms with Crippen LogP contribution >= 0.6 is 0 Å². The lowest BCUT2D eigenvalue weighted by atomic mass is 10.9. The maximum atomic E-state index is 3.65. The average molecular weight is 84.1 g/mol. The molecule has 0 saturated heterocycles. The summed E-state index contributed by atoms with van der Waals surface area (Å²) in [5.74, 6) is 0. The number of hydrogen-bond donors (Lipinski definition) is 0. The molecule has 0 unspecified atom stereocenters. The second-order valence-electron chi connectivity index (χ2n) is 0.815. The van der Waals surface area contributed by atoms with E-state index in [0.29, 0.717) is 0 Å². The number of hydrogen-bond acceptors (Lipinski definition) is 0. The lowest BCUT2D eigenvalue weighted by Gasteiger charge is -1.97. The van der Waals surface area contributed by atoms with Crippen LogP contribution in [-0.2, 0) is 0 Å². The molecule has 0 aliphatic carbocycles. The van der Waals surface area contributed by atoms with E-state index in [1.54, 1.807) is 26.5 Å². The smallest absolute Gasteiger partial charge is 0.0276 e. The van der Waals surface area contributed by atoms with Gasteiger partial charge in [0.1, 0.15) is 0 Å². The number of rotatable bonds is 2. The van der Waals surface area contributed by atoms with E-state index in [4.69, 9.17) is 0 Å². The third-order valence-electron chi connectivity index (χ3n) is 0.365. The van der Waals surface area contributed by atoms with E-state index in [1.807, 2.05) is 0 Å². The summed E-state index contributed by atoms with van der Waals surface area (Å²) in [5, 5.41) is 7.30. The van der Waals surface area contributed by atoms with E-state index in [0.717, 1.165) is 0 Å². The van der Waals surface area contributed by atoms with Crippen molar-refractivity contribution in [2.75, 3.05) is 14.1 Å². The Kier molecular flexibility index (Phi) is 3.86. The molecule has 0 aromatic rings. The Morgan fingerprint density at radius 3 is 2.50 bits per heavy atom. The first-order valence-corrected chi connectivity index (χ1v) is 1.74. The van der Waals surface area contributed by atoms with Gasteiger partial charge in [0.2, 0.25) is 0 Å². The second kappa shape index (κ2) is 4.34. The molecule has 0 atom stereocenters. The summed E-state index contributed by atoms with van der Waals surface area (Å²) in [5.41, 5.74) is 0. The predicted octanol–water partition coefficient (Wildman–Crippen LogP) is 0.695. The van der Waals surface area contributed by atoms with Crippen molar-refractivity contribution in [3.63, 3.8) is 0 Å². The van der Waals surface area contributed by atoms with Gasteiger partial charge in [-0.2, -0.15) is 6.20 Å². The lowest BCUT2D eigenvalue weighted by Crippen LogP contribution is -1.77. The highest BCUT2D eigenvalue weighted by Crippen LogP contribution is 1.74. The zero-order valence-corrected chi connectivity index (χ0v) is 4.05. The van der Waals surface area contributed by atoms with Gasteiger partial charge in [-0.15, -0.1) is 7.05 Å². The van der Waals surface area contributed by atoms with Gasteiger partial charge >= 0.3 is 0 Å². The quantitative estimate of drug-likeness (QED) is 0.471. The average Bonchev–Trinajstić information content (AvgIpc) is 1.61. The van der Waals surface area contributed by atoms with E-state index in [2.05, 4.69) is 10.6 Å². The Labute approximate surface area is 38.2 Å². The van der Waals surface area contributed by atoms with Gasteiger partial charge in [-0.05, 0) is 6.20 Å². The van der Waals surface area contributed by atoms with Crippen LogP contribution in [0.25, 0.3) is 5.32 Å². The largest absolute Gasteiger partial charge is 0.692 e. The van der Waals surface area contributed by atoms with Crippen molar-refractivity contribution < 1.29 is 0 Å². The monoisotopic (exact) mass is 84.1 g/mol. The van der Waals surface area contributed by atoms with Crippen LogP contribution in [0.15, 0.2) is 12.4 Å². The predicted molar refractivity (Wildman–Crippen MR) is 26.5 cm³/mol. The third-order valence-corrected chi connectivity index (χ3v) is 0.365. The fourth-order valence-electron chi connectivity index (χ4n) is 0.133. The summed E-state index contributed by atoms with van der Waals surface area (Å²) in [6.07, 6.45) is 3.28. The second-order valence-corrected chi connectivity index (χ2v) is 0.815. The summed E-state index contributed by atoms with van der Waals surface area (Å²) in [6.45, 7) is 0. The molecule has 2 nitrogen and oxygen atoms in total. The van der Waals surface area contributed by atoms with Crippen LogP contribution < -0.4 is 5.32 Å². The van der Waals surface area contributed by atoms with Crippen molar-refractivity contribution in [1.82, 2.24) is 5.32 Å². The van der Waals surface area contributed by atoms with Crippen LogP contribution in [0.3, 0.4) is 0 Å². The molecule has 0 aromatic carbocycles. The summed E-state index contributed by atoms with van der Waals surface area (Å²) in [4.78, 5) is 0. The van der Waals surface area contributed by atoms with Gasteiger partial charge in [-0.1, -0.05) is 0 Å². The highest BCUT2D eigenvalue weighted by atomic mass is 14.8. The van der Waals surface area contributed by atoms with Crippen molar-refractivity contribution >= 4 is 0 Å². The Hall–Kier alpha value is -0.660. The first kappa shape index (κ1) is 5.34. The van der Waals surface area contributed by atoms with Crippen molar-refractivity contribution in [3.05, 3.63) is 17.7 Å². The summed E-state index contributed by atoms with van der Waals surface area (Å²) < 4.78 is 0. The van der Waals surface area contributed by atoms with Gasteiger partial charge in [-0.3, -0.25) is 5.32 Å². The minimum absolute atomic E-state index is 1.64. The van der Waals surface area contributed by atoms with Crippen LogP contribution in [0.2, 0.25) is 0 Å². The highest BCUT2D eigenvalue weighted by Gasteiger charge is 1.46. The molecule has 0 fully saturated rings. The van der Waals surface area contributed by atoms with Gasteiger partial charge in [0.25, 0.3) is 0 Å². The van der Waals surface area contributed by atoms with Crippen LogP contribution in [0.5, 0.6) is 0 Å². The molecule has 0 aromatic heterocycles. The fourth-order valence-corrected chi connectivity index (χ4v) is 0.133. The van der Waals surface area contributed by atoms with Crippen LogP contribution in [-0.4, -0.2) is 14.1 Å². The SMILES string of the molecule is C[N]/C=C/[N-]C. The minimum Gasteiger partial charge on any atom is -0.692 e. The zero-order valence-electron chi connectivity index (χ0n) is 4.05. The molecule has 0 saturated carbocycles. The Morgan fingerprint density at radius 2 is 2.33 bits per heavy atom. The van der Waals surface area contributed by atoms with Gasteiger partial charge in [0.05, 0.1) is 0 Å². The maximum Gasteiger partial charge on any atom is 0.0276 e. The van der Waals surface area contributed by atoms with E-state index >= 15 is 0 Å². The minimum atomic E-state index is 1.64. The Morgan fingerprint density at radius 1 is 1.67 bits per heavy atom. The molecule has 6 heavy (non-hydrogen) atoms. The van der Waals surface area contributed by atoms with Crippen LogP contribution in [0.4, 0.5) is 0 Å². The molecule has 35 valence electrons. The first-order chi connectivity index (χ1) is 2.91. The van der Waals surface area contributed by atoms with Gasteiger partial charge in [0.15, 0.2) is 0 Å². The van der Waals surface area contributed by atoms with E-state index in [1.165, 1.54) is 0 Å². The summed E-state index contributed by atoms with van der Waals surface area (Å²) in [7, 11) is 3.42. The lowest BCUT2D eigenvalue weighted by molar-refractivity contribution is 1.08. The maximum absolute atomic E-state index is 3.65. The first-order valence-electron chi connectivity index (χ1n) is 1.74. The molecule has 0 spiro atoms.